The Balaban J connectivity index is 1.38. The van der Waals surface area contributed by atoms with E-state index in [0.29, 0.717) is 31.2 Å². The molecule has 8 heteroatoms. The van der Waals surface area contributed by atoms with Crippen LogP contribution >= 0.6 is 0 Å². The van der Waals surface area contributed by atoms with Gasteiger partial charge in [-0.15, -0.1) is 0 Å². The second-order valence-corrected chi connectivity index (χ2v) is 8.44. The van der Waals surface area contributed by atoms with Gasteiger partial charge in [-0.25, -0.2) is 4.39 Å². The monoisotopic (exact) mass is 443 g/mol. The van der Waals surface area contributed by atoms with Crippen LogP contribution in [0.5, 0.6) is 5.75 Å². The number of likely N-dealkylation sites (tertiary alicyclic amines) is 1. The van der Waals surface area contributed by atoms with Crippen LogP contribution in [0.25, 0.3) is 21.9 Å². The fourth-order valence-corrected chi connectivity index (χ4v) is 4.22. The lowest BCUT2D eigenvalue weighted by atomic mass is 9.99. The number of benzene rings is 2. The maximum Gasteiger partial charge on any atom is 0.271 e. The third kappa shape index (κ3) is 3.82. The van der Waals surface area contributed by atoms with Crippen LogP contribution in [-0.2, 0) is 4.79 Å². The maximum absolute atomic E-state index is 13.8. The first-order valence-corrected chi connectivity index (χ1v) is 10.6. The first-order chi connectivity index (χ1) is 15.9. The average Bonchev–Trinajstić information content (AvgIpc) is 3.13. The van der Waals surface area contributed by atoms with Crippen molar-refractivity contribution in [3.63, 3.8) is 0 Å². The first kappa shape index (κ1) is 20.8. The molecule has 0 aliphatic carbocycles. The molecule has 2 aliphatic rings. The molecule has 0 bridgehead atoms. The number of carbonyl (C=O) groups excluding carboxylic acids is 1. The molecule has 0 saturated carbocycles. The van der Waals surface area contributed by atoms with E-state index >= 15 is 0 Å². The molecule has 1 amide bonds. The van der Waals surface area contributed by atoms with Gasteiger partial charge in [-0.05, 0) is 46.8 Å². The van der Waals surface area contributed by atoms with Crippen molar-refractivity contribution in [2.24, 2.45) is 0 Å². The first-order valence-electron chi connectivity index (χ1n) is 10.6. The van der Waals surface area contributed by atoms with Crippen molar-refractivity contribution in [1.29, 1.82) is 5.26 Å². The second-order valence-electron chi connectivity index (χ2n) is 8.44. The largest absolute Gasteiger partial charge is 0.486 e. The van der Waals surface area contributed by atoms with E-state index in [1.807, 2.05) is 54.4 Å². The third-order valence-electron chi connectivity index (χ3n) is 5.98. The number of aromatic nitrogens is 1. The molecule has 0 atom stereocenters. The summed E-state index contributed by atoms with van der Waals surface area (Å²) in [6.45, 7) is 1.68. The topological polar surface area (TPSA) is 72.7 Å². The smallest absolute Gasteiger partial charge is 0.271 e. The minimum absolute atomic E-state index is 0.00248. The summed E-state index contributed by atoms with van der Waals surface area (Å²) in [4.78, 5) is 22.7. The predicted octanol–water partition coefficient (Wildman–Crippen LogP) is 3.18. The molecular formula is C25H22FN5O2. The van der Waals surface area contributed by atoms with Crippen molar-refractivity contribution in [3.8, 4) is 22.9 Å². The Kier molecular flexibility index (Phi) is 5.09. The lowest BCUT2D eigenvalue weighted by Gasteiger charge is -2.39. The van der Waals surface area contributed by atoms with Crippen LogP contribution in [0.1, 0.15) is 5.56 Å². The molecule has 1 aromatic heterocycles. The van der Waals surface area contributed by atoms with Crippen molar-refractivity contribution in [3.05, 3.63) is 72.1 Å². The van der Waals surface area contributed by atoms with Gasteiger partial charge in [0.25, 0.3) is 5.91 Å². The van der Waals surface area contributed by atoms with Gasteiger partial charge in [0.2, 0.25) is 0 Å². The molecule has 0 radical (unpaired) electrons. The predicted molar refractivity (Wildman–Crippen MR) is 121 cm³/mol. The zero-order valence-electron chi connectivity index (χ0n) is 18.3. The highest BCUT2D eigenvalue weighted by Gasteiger charge is 2.36. The van der Waals surface area contributed by atoms with E-state index in [1.54, 1.807) is 23.4 Å². The number of nitrogens with zero attached hydrogens (tertiary/aromatic N) is 5. The number of fused-ring (bicyclic) bond motifs is 1. The zero-order valence-corrected chi connectivity index (χ0v) is 18.3. The molecule has 7 nitrogen and oxygen atoms in total. The van der Waals surface area contributed by atoms with E-state index in [9.17, 15) is 14.4 Å². The van der Waals surface area contributed by atoms with Crippen LogP contribution in [0.15, 0.2) is 60.7 Å². The van der Waals surface area contributed by atoms with Gasteiger partial charge in [-0.1, -0.05) is 6.07 Å². The van der Waals surface area contributed by atoms with Crippen LogP contribution in [0.2, 0.25) is 0 Å². The van der Waals surface area contributed by atoms with Crippen LogP contribution < -0.4 is 4.74 Å². The standard InChI is InChI=1S/C25H22FN5O2/c1-29-14-23(30(2)15-29)25(32)31-12-20(13-31)33-24-9-18(8-17-5-6-28-11-21(17)24)16-3-4-22(26)19(7-16)10-27/h3-9,11,14,20H,12-13,15H2,1-2H3. The van der Waals surface area contributed by atoms with Gasteiger partial charge in [0, 0.05) is 38.1 Å². The van der Waals surface area contributed by atoms with E-state index in [4.69, 9.17) is 4.74 Å². The summed E-state index contributed by atoms with van der Waals surface area (Å²) in [5.41, 5.74) is 2.21. The molecule has 3 heterocycles. The van der Waals surface area contributed by atoms with E-state index in [-0.39, 0.29) is 17.6 Å². The van der Waals surface area contributed by atoms with Gasteiger partial charge < -0.3 is 19.4 Å². The molecule has 3 aromatic rings. The highest BCUT2D eigenvalue weighted by atomic mass is 19.1. The number of hydrogen-bond donors (Lipinski definition) is 0. The molecule has 0 unspecified atom stereocenters. The lowest BCUT2D eigenvalue weighted by Crippen LogP contribution is -2.57. The Morgan fingerprint density at radius 3 is 2.73 bits per heavy atom. The van der Waals surface area contributed by atoms with Crippen molar-refractivity contribution >= 4 is 16.7 Å². The quantitative estimate of drug-likeness (QED) is 0.617. The summed E-state index contributed by atoms with van der Waals surface area (Å²) in [7, 11) is 3.84. The van der Waals surface area contributed by atoms with Crippen LogP contribution in [0.3, 0.4) is 0 Å². The molecule has 0 spiro atoms. The fraction of sp³-hybridized carbons (Fsp3) is 0.240. The van der Waals surface area contributed by atoms with Gasteiger partial charge in [-0.2, -0.15) is 5.26 Å². The minimum Gasteiger partial charge on any atom is -0.486 e. The number of amides is 1. The van der Waals surface area contributed by atoms with E-state index in [2.05, 4.69) is 4.98 Å². The van der Waals surface area contributed by atoms with Gasteiger partial charge in [-0.3, -0.25) is 9.78 Å². The van der Waals surface area contributed by atoms with Crippen LogP contribution in [0.4, 0.5) is 4.39 Å². The molecule has 2 aliphatic heterocycles. The number of ether oxygens (including phenoxy) is 1. The van der Waals surface area contributed by atoms with Crippen LogP contribution in [-0.4, -0.2) is 65.5 Å². The number of halogens is 1. The fourth-order valence-electron chi connectivity index (χ4n) is 4.22. The highest BCUT2D eigenvalue weighted by molar-refractivity contribution is 5.94. The van der Waals surface area contributed by atoms with Gasteiger partial charge in [0.05, 0.1) is 25.3 Å². The number of hydrogen-bond acceptors (Lipinski definition) is 6. The van der Waals surface area contributed by atoms with Gasteiger partial charge in [0.1, 0.15) is 29.4 Å². The molecule has 1 saturated heterocycles. The Morgan fingerprint density at radius 2 is 2.00 bits per heavy atom. The number of pyridine rings is 1. The third-order valence-corrected chi connectivity index (χ3v) is 5.98. The van der Waals surface area contributed by atoms with Crippen molar-refractivity contribution in [2.75, 3.05) is 33.9 Å². The molecule has 166 valence electrons. The summed E-state index contributed by atoms with van der Waals surface area (Å²) in [6.07, 6.45) is 5.17. The van der Waals surface area contributed by atoms with Crippen molar-refractivity contribution in [1.82, 2.24) is 19.7 Å². The summed E-state index contributed by atoms with van der Waals surface area (Å²) < 4.78 is 20.1. The molecule has 2 aromatic carbocycles. The number of carbonyl (C=O) groups is 1. The second kappa shape index (κ2) is 8.10. The summed E-state index contributed by atoms with van der Waals surface area (Å²) in [5, 5.41) is 11.0. The Labute approximate surface area is 190 Å². The zero-order chi connectivity index (χ0) is 23.1. The van der Waals surface area contributed by atoms with Gasteiger partial charge in [0.15, 0.2) is 0 Å². The molecule has 1 fully saturated rings. The van der Waals surface area contributed by atoms with E-state index in [1.165, 1.54) is 12.1 Å². The van der Waals surface area contributed by atoms with Gasteiger partial charge >= 0.3 is 0 Å². The normalized spacial score (nSPS) is 15.9. The maximum atomic E-state index is 13.8. The molecule has 5 rings (SSSR count). The molecular weight excluding hydrogens is 421 g/mol. The number of likely N-dealkylation sites (N-methyl/N-ethyl adjacent to an activating group) is 1. The Bertz CT molecular complexity index is 1330. The Morgan fingerprint density at radius 1 is 1.18 bits per heavy atom. The van der Waals surface area contributed by atoms with E-state index in [0.717, 1.165) is 21.9 Å². The average molecular weight is 443 g/mol. The number of nitriles is 1. The SMILES string of the molecule is CN1C=C(C(=O)N2CC(Oc3cc(-c4ccc(F)c(C#N)c4)cc4ccncc34)C2)N(C)C1. The van der Waals surface area contributed by atoms with Crippen molar-refractivity contribution < 1.29 is 13.9 Å². The van der Waals surface area contributed by atoms with Crippen LogP contribution in [0, 0.1) is 17.1 Å². The molecule has 33 heavy (non-hydrogen) atoms. The number of rotatable bonds is 4. The van der Waals surface area contributed by atoms with Crippen molar-refractivity contribution in [2.45, 2.75) is 6.10 Å². The Hall–Kier alpha value is -4.12. The summed E-state index contributed by atoms with van der Waals surface area (Å²) in [5.74, 6) is 0.0981. The van der Waals surface area contributed by atoms with E-state index < -0.39 is 5.82 Å². The summed E-state index contributed by atoms with van der Waals surface area (Å²) in [6, 6.07) is 12.1. The summed E-state index contributed by atoms with van der Waals surface area (Å²) >= 11 is 0. The minimum atomic E-state index is -0.545. The highest BCUT2D eigenvalue weighted by Crippen LogP contribution is 2.34. The molecule has 0 N–H and O–H groups in total. The lowest BCUT2D eigenvalue weighted by molar-refractivity contribution is -0.137.